The summed E-state index contributed by atoms with van der Waals surface area (Å²) in [6.07, 6.45) is 5.50. The molecule has 1 N–H and O–H groups in total. The molecule has 0 heterocycles. The summed E-state index contributed by atoms with van der Waals surface area (Å²) in [6.45, 7) is 0. The van der Waals surface area contributed by atoms with Gasteiger partial charge in [0.1, 0.15) is 0 Å². The Morgan fingerprint density at radius 2 is 2.56 bits per heavy atom. The monoisotopic (exact) mass is 157 g/mol. The van der Waals surface area contributed by atoms with Gasteiger partial charge in [-0.1, -0.05) is 9.39 Å². The number of terminal acetylenes is 1. The maximum atomic E-state index is 10.7. The van der Waals surface area contributed by atoms with Gasteiger partial charge in [0, 0.05) is 6.42 Å². The molecule has 0 saturated heterocycles. The average Bonchev–Trinajstić information content (AvgIpc) is 1.82. The molecule has 0 radical (unpaired) electrons. The minimum Gasteiger partial charge on any atom is -0.320 e. The second-order valence-corrected chi connectivity index (χ2v) is 3.06. The molecule has 0 aromatic rings. The first kappa shape index (κ1) is 9.15. The number of hydrogen-bond donors (Lipinski definition) is 1. The van der Waals surface area contributed by atoms with Crippen LogP contribution in [0, 0.1) is 12.3 Å². The van der Waals surface area contributed by atoms with Gasteiger partial charge in [-0.2, -0.15) is 0 Å². The van der Waals surface area contributed by atoms with Crippen LogP contribution >= 0.6 is 9.39 Å². The highest BCUT2D eigenvalue weighted by Gasteiger charge is 2.07. The highest BCUT2D eigenvalue weighted by molar-refractivity contribution is 7.13. The van der Waals surface area contributed by atoms with Gasteiger partial charge >= 0.3 is 16.3 Å². The molecule has 0 aliphatic rings. The largest absolute Gasteiger partial charge is 0.322 e. The van der Waals surface area contributed by atoms with Crippen molar-refractivity contribution in [1.82, 2.24) is 5.09 Å². The van der Waals surface area contributed by atoms with Gasteiger partial charge in [-0.05, 0) is 0 Å². The predicted octanol–water partition coefficient (Wildman–Crippen LogP) is -1.08. The quantitative estimate of drug-likeness (QED) is 0.320. The van der Waals surface area contributed by atoms with Gasteiger partial charge in [-0.3, -0.25) is 5.09 Å². The van der Waals surface area contributed by atoms with Gasteiger partial charge in [0.15, 0.2) is 0 Å². The minimum absolute atomic E-state index is 0.133. The van der Waals surface area contributed by atoms with Crippen LogP contribution in [0.1, 0.15) is 6.42 Å². The third-order valence-corrected chi connectivity index (χ3v) is 2.11. The second-order valence-electron chi connectivity index (χ2n) is 1.74. The molecule has 48 valence electrons. The number of hydrogen-bond acceptors (Lipinski definition) is 2. The van der Waals surface area contributed by atoms with Crippen LogP contribution in [0.3, 0.4) is 0 Å². The summed E-state index contributed by atoms with van der Waals surface area (Å²) in [4.78, 5) is 10.7. The molecule has 0 aliphatic heterocycles. The maximum Gasteiger partial charge on any atom is 0.322 e. The lowest BCUT2D eigenvalue weighted by molar-refractivity contribution is -0.113. The van der Waals surface area contributed by atoms with Crippen LogP contribution in [0.5, 0.6) is 0 Å². The van der Waals surface area contributed by atoms with Crippen LogP contribution in [-0.2, 0) is 4.79 Å². The minimum atomic E-state index is -0.133. The molecule has 0 rings (SSSR count). The van der Waals surface area contributed by atoms with Crippen LogP contribution in [0.25, 0.3) is 0 Å². The Morgan fingerprint density at radius 3 is 2.67 bits per heavy atom. The number of rotatable bonds is 3. The molecule has 0 fully saturated rings. The van der Waals surface area contributed by atoms with Crippen molar-refractivity contribution in [3.05, 3.63) is 0 Å². The molecule has 0 bridgehead atoms. The van der Waals surface area contributed by atoms with E-state index >= 15 is 0 Å². The fraction of sp³-hybridized carbons (Fsp3) is 0.400. The van der Waals surface area contributed by atoms with Crippen molar-refractivity contribution in [2.24, 2.45) is 0 Å². The Labute approximate surface area is 65.5 Å². The van der Waals surface area contributed by atoms with Crippen molar-refractivity contribution < 1.29 is 4.79 Å². The van der Waals surface area contributed by atoms with Crippen molar-refractivity contribution in [1.29, 1.82) is 0 Å². The lowest BCUT2D eigenvalue weighted by Gasteiger charge is -2.07. The third kappa shape index (κ3) is 3.68. The zero-order valence-electron chi connectivity index (χ0n) is 5.35. The molecule has 0 aromatic carbocycles. The molecule has 9 heavy (non-hydrogen) atoms. The molecular weight excluding hydrogens is 148 g/mol. The van der Waals surface area contributed by atoms with Crippen molar-refractivity contribution in [2.45, 2.75) is 12.5 Å². The smallest absolute Gasteiger partial charge is 0.320 e. The van der Waals surface area contributed by atoms with E-state index in [1.807, 2.05) is 0 Å². The predicted molar refractivity (Wildman–Crippen MR) is 43.6 cm³/mol. The number of carbonyl (C=O) groups excluding carboxylic acids is 1. The van der Waals surface area contributed by atoms with E-state index in [-0.39, 0.29) is 10.7 Å². The van der Waals surface area contributed by atoms with Gasteiger partial charge in [-0.15, -0.1) is 12.3 Å². The molecule has 0 aliphatic carbocycles. The summed E-state index contributed by atoms with van der Waals surface area (Å²) in [5.41, 5.74) is 0. The van der Waals surface area contributed by atoms with E-state index < -0.39 is 0 Å². The summed E-state index contributed by atoms with van der Waals surface area (Å²) < 4.78 is 0.211. The second kappa shape index (κ2) is 4.98. The molecule has 0 aromatic heterocycles. The standard InChI is InChI=1S/C5H7NOP.Al.2H/c1-2-3-5(4-7)6-8;;;/h1,5-6H,3,8H2;;;. The number of carbonyl (C=O) groups is 1. The van der Waals surface area contributed by atoms with Crippen LogP contribution < -0.4 is 5.09 Å². The summed E-state index contributed by atoms with van der Waals surface area (Å²) in [5, 5.41) is 2.76. The Bertz CT molecular complexity index is 142. The zero-order valence-corrected chi connectivity index (χ0v) is 8.50. The molecule has 4 heteroatoms. The van der Waals surface area contributed by atoms with Gasteiger partial charge < -0.3 is 4.79 Å². The highest BCUT2D eigenvalue weighted by atomic mass is 31.0. The van der Waals surface area contributed by atoms with Crippen molar-refractivity contribution in [3.63, 3.8) is 0 Å². The van der Waals surface area contributed by atoms with E-state index in [0.717, 1.165) is 0 Å². The molecular formula is C5H9AlNOP. The maximum absolute atomic E-state index is 10.7. The number of nitrogens with one attached hydrogen (secondary N) is 1. The van der Waals surface area contributed by atoms with E-state index in [1.165, 1.54) is 0 Å². The van der Waals surface area contributed by atoms with E-state index in [2.05, 4.69) is 20.4 Å². The Kier molecular flexibility index (Phi) is 5.06. The van der Waals surface area contributed by atoms with E-state index in [0.29, 0.717) is 22.7 Å². The zero-order chi connectivity index (χ0) is 7.28. The Morgan fingerprint density at radius 1 is 2.00 bits per heavy atom. The van der Waals surface area contributed by atoms with Crippen molar-refractivity contribution >= 4 is 30.3 Å². The van der Waals surface area contributed by atoms with Gasteiger partial charge in [0.2, 0.25) is 0 Å². The molecule has 2 atom stereocenters. The van der Waals surface area contributed by atoms with Gasteiger partial charge in [-0.25, -0.2) is 0 Å². The fourth-order valence-electron chi connectivity index (χ4n) is 0.438. The van der Waals surface area contributed by atoms with E-state index in [4.69, 9.17) is 6.42 Å². The first-order chi connectivity index (χ1) is 4.22. The summed E-state index contributed by atoms with van der Waals surface area (Å²) in [5.74, 6) is 2.43. The van der Waals surface area contributed by atoms with Crippen LogP contribution in [-0.4, -0.2) is 27.0 Å². The van der Waals surface area contributed by atoms with Crippen LogP contribution in [0.4, 0.5) is 0 Å². The van der Waals surface area contributed by atoms with Crippen molar-refractivity contribution in [3.8, 4) is 12.3 Å². The van der Waals surface area contributed by atoms with Crippen molar-refractivity contribution in [2.75, 3.05) is 0 Å². The molecule has 0 saturated carbocycles. The molecule has 0 spiro atoms. The Hall–Kier alpha value is 0.152. The first-order valence-electron chi connectivity index (χ1n) is 2.62. The molecule has 2 nitrogen and oxygen atoms in total. The molecule has 2 unspecified atom stereocenters. The van der Waals surface area contributed by atoms with Gasteiger partial charge in [0.05, 0.1) is 10.7 Å². The van der Waals surface area contributed by atoms with E-state index in [9.17, 15) is 4.79 Å². The van der Waals surface area contributed by atoms with Crippen LogP contribution in [0.15, 0.2) is 0 Å². The fourth-order valence-corrected chi connectivity index (χ4v) is 1.49. The van der Waals surface area contributed by atoms with E-state index in [1.54, 1.807) is 0 Å². The topological polar surface area (TPSA) is 29.1 Å². The van der Waals surface area contributed by atoms with Crippen LogP contribution in [0.2, 0.25) is 0 Å². The summed E-state index contributed by atoms with van der Waals surface area (Å²) in [7, 11) is 2.29. The normalized spacial score (nSPS) is 12.0. The third-order valence-electron chi connectivity index (χ3n) is 1.01. The molecule has 0 amide bonds. The lowest BCUT2D eigenvalue weighted by Crippen LogP contribution is -2.29. The lowest BCUT2D eigenvalue weighted by atomic mass is 10.2. The summed E-state index contributed by atoms with van der Waals surface area (Å²) >= 11 is 0.566. The Balaban J connectivity index is 3.71. The highest BCUT2D eigenvalue weighted by Crippen LogP contribution is 1.91. The first-order valence-corrected chi connectivity index (χ1v) is 4.20. The van der Waals surface area contributed by atoms with Gasteiger partial charge in [0.25, 0.3) is 0 Å². The summed E-state index contributed by atoms with van der Waals surface area (Å²) in [6, 6.07) is -0.133. The average molecular weight is 157 g/mol. The SMILES string of the molecule is C#CCC(NP)[C](=O)[AlH2].